The molecule has 0 saturated carbocycles. The van der Waals surface area contributed by atoms with Crippen LogP contribution in [-0.4, -0.2) is 24.7 Å². The van der Waals surface area contributed by atoms with Gasteiger partial charge in [0.15, 0.2) is 0 Å². The Morgan fingerprint density at radius 1 is 1.35 bits per heavy atom. The van der Waals surface area contributed by atoms with Gasteiger partial charge >= 0.3 is 0 Å². The van der Waals surface area contributed by atoms with E-state index in [-0.39, 0.29) is 41.7 Å². The van der Waals surface area contributed by atoms with E-state index in [2.05, 4.69) is 5.32 Å². The fourth-order valence-electron chi connectivity index (χ4n) is 2.76. The monoisotopic (exact) mass is 344 g/mol. The quantitative estimate of drug-likeness (QED) is 0.882. The number of rotatable bonds is 4. The zero-order valence-corrected chi connectivity index (χ0v) is 14.7. The maximum atomic E-state index is 13.1. The predicted octanol–water partition coefficient (Wildman–Crippen LogP) is 2.96. The van der Waals surface area contributed by atoms with E-state index in [0.717, 1.165) is 12.0 Å². The van der Waals surface area contributed by atoms with Crippen molar-refractivity contribution in [2.45, 2.75) is 51.9 Å². The molecule has 0 radical (unpaired) electrons. The zero-order valence-electron chi connectivity index (χ0n) is 13.8. The van der Waals surface area contributed by atoms with Crippen molar-refractivity contribution < 1.29 is 13.9 Å². The van der Waals surface area contributed by atoms with Crippen LogP contribution in [0.15, 0.2) is 24.3 Å². The molecule has 1 heterocycles. The topological polar surface area (TPSA) is 64.4 Å². The number of hydrogen-bond donors (Lipinski definition) is 2. The third kappa shape index (κ3) is 5.16. The molecule has 0 spiro atoms. The van der Waals surface area contributed by atoms with Gasteiger partial charge in [0.2, 0.25) is 5.91 Å². The predicted molar refractivity (Wildman–Crippen MR) is 90.9 cm³/mol. The summed E-state index contributed by atoms with van der Waals surface area (Å²) in [5, 5.41) is 3.05. The Bertz CT molecular complexity index is 516. The van der Waals surface area contributed by atoms with Crippen molar-refractivity contribution in [3.8, 4) is 0 Å². The van der Waals surface area contributed by atoms with E-state index in [4.69, 9.17) is 10.5 Å². The van der Waals surface area contributed by atoms with E-state index in [1.807, 2.05) is 20.8 Å². The molecule has 4 nitrogen and oxygen atoms in total. The van der Waals surface area contributed by atoms with Gasteiger partial charge in [-0.05, 0) is 36.0 Å². The third-order valence-corrected chi connectivity index (χ3v) is 4.02. The molecule has 1 saturated heterocycles. The molecular formula is C17H26ClFN2O2. The van der Waals surface area contributed by atoms with Crippen LogP contribution in [0.5, 0.6) is 0 Å². The highest BCUT2D eigenvalue weighted by Crippen LogP contribution is 2.33. The minimum atomic E-state index is -0.446. The van der Waals surface area contributed by atoms with Crippen molar-refractivity contribution >= 4 is 18.3 Å². The lowest BCUT2D eigenvalue weighted by Gasteiger charge is -2.32. The molecule has 130 valence electrons. The molecule has 1 aliphatic rings. The maximum absolute atomic E-state index is 13.1. The molecule has 3 atom stereocenters. The minimum absolute atomic E-state index is 0. The first-order valence-corrected chi connectivity index (χ1v) is 7.72. The van der Waals surface area contributed by atoms with Gasteiger partial charge in [-0.15, -0.1) is 12.4 Å². The van der Waals surface area contributed by atoms with Gasteiger partial charge in [0.25, 0.3) is 0 Å². The molecule has 0 aliphatic carbocycles. The summed E-state index contributed by atoms with van der Waals surface area (Å²) in [6.45, 7) is 6.56. The van der Waals surface area contributed by atoms with Gasteiger partial charge in [0.05, 0.1) is 12.1 Å². The van der Waals surface area contributed by atoms with Crippen LogP contribution in [0.2, 0.25) is 0 Å². The number of halogens is 2. The highest BCUT2D eigenvalue weighted by Gasteiger charge is 2.34. The van der Waals surface area contributed by atoms with E-state index in [0.29, 0.717) is 13.0 Å². The summed E-state index contributed by atoms with van der Waals surface area (Å²) in [6, 6.07) is 6.04. The van der Waals surface area contributed by atoms with Crippen LogP contribution in [0.3, 0.4) is 0 Å². The van der Waals surface area contributed by atoms with E-state index >= 15 is 0 Å². The number of nitrogens with two attached hydrogens (primary N) is 1. The first kappa shape index (κ1) is 19.9. The van der Waals surface area contributed by atoms with Crippen molar-refractivity contribution in [1.29, 1.82) is 0 Å². The SMILES string of the molecule is CC(C)(C)C(NC(=O)[C@@H]1CC[C@H](CN)O1)c1ccc(F)cc1.Cl. The first-order valence-electron chi connectivity index (χ1n) is 7.72. The zero-order chi connectivity index (χ0) is 16.3. The molecule has 1 fully saturated rings. The Hall–Kier alpha value is -1.17. The number of nitrogens with one attached hydrogen (secondary N) is 1. The second-order valence-corrected chi connectivity index (χ2v) is 6.92. The van der Waals surface area contributed by atoms with Crippen LogP contribution in [-0.2, 0) is 9.53 Å². The molecule has 1 amide bonds. The van der Waals surface area contributed by atoms with Crippen molar-refractivity contribution in [1.82, 2.24) is 5.32 Å². The van der Waals surface area contributed by atoms with Gasteiger partial charge in [-0.2, -0.15) is 0 Å². The van der Waals surface area contributed by atoms with Gasteiger partial charge in [-0.25, -0.2) is 4.39 Å². The van der Waals surface area contributed by atoms with E-state index in [9.17, 15) is 9.18 Å². The second kappa shape index (κ2) is 8.08. The average molecular weight is 345 g/mol. The molecule has 1 aromatic carbocycles. The van der Waals surface area contributed by atoms with Crippen LogP contribution in [0.25, 0.3) is 0 Å². The lowest BCUT2D eigenvalue weighted by molar-refractivity contribution is -0.133. The minimum Gasteiger partial charge on any atom is -0.364 e. The lowest BCUT2D eigenvalue weighted by Crippen LogP contribution is -2.42. The summed E-state index contributed by atoms with van der Waals surface area (Å²) in [6.07, 6.45) is 1.02. The summed E-state index contributed by atoms with van der Waals surface area (Å²) >= 11 is 0. The molecule has 23 heavy (non-hydrogen) atoms. The summed E-state index contributed by atoms with van der Waals surface area (Å²) in [7, 11) is 0. The normalized spacial score (nSPS) is 22.3. The molecule has 1 unspecified atom stereocenters. The van der Waals surface area contributed by atoms with Gasteiger partial charge in [-0.3, -0.25) is 4.79 Å². The Labute approximate surface area is 143 Å². The standard InChI is InChI=1S/C17H25FN2O2.ClH/c1-17(2,3)15(11-4-6-12(18)7-5-11)20-16(21)14-9-8-13(10-19)22-14;/h4-7,13-15H,8-10,19H2,1-3H3,(H,20,21);1H/t13-,14+,15?;/m1./s1. The smallest absolute Gasteiger partial charge is 0.249 e. The van der Waals surface area contributed by atoms with Crippen molar-refractivity contribution in [3.05, 3.63) is 35.6 Å². The molecule has 0 aromatic heterocycles. The highest BCUT2D eigenvalue weighted by atomic mass is 35.5. The summed E-state index contributed by atoms with van der Waals surface area (Å²) in [5.74, 6) is -0.409. The van der Waals surface area contributed by atoms with Gasteiger partial charge in [0.1, 0.15) is 11.9 Å². The van der Waals surface area contributed by atoms with E-state index < -0.39 is 6.10 Å². The average Bonchev–Trinajstić information content (AvgIpc) is 2.93. The number of ether oxygens (including phenoxy) is 1. The Kier molecular flexibility index (Phi) is 6.99. The molecular weight excluding hydrogens is 319 g/mol. The number of carbonyl (C=O) groups excluding carboxylic acids is 1. The molecule has 2 rings (SSSR count). The summed E-state index contributed by atoms with van der Waals surface area (Å²) in [5.41, 5.74) is 6.27. The van der Waals surface area contributed by atoms with Gasteiger partial charge < -0.3 is 15.8 Å². The van der Waals surface area contributed by atoms with E-state index in [1.165, 1.54) is 12.1 Å². The van der Waals surface area contributed by atoms with Crippen LogP contribution in [0.4, 0.5) is 4.39 Å². The van der Waals surface area contributed by atoms with Crippen LogP contribution < -0.4 is 11.1 Å². The van der Waals surface area contributed by atoms with Crippen molar-refractivity contribution in [2.75, 3.05) is 6.54 Å². The molecule has 6 heteroatoms. The van der Waals surface area contributed by atoms with Crippen LogP contribution in [0, 0.1) is 11.2 Å². The molecule has 3 N–H and O–H groups in total. The number of carbonyl (C=O) groups is 1. The number of benzene rings is 1. The molecule has 1 aliphatic heterocycles. The third-order valence-electron chi connectivity index (χ3n) is 4.02. The van der Waals surface area contributed by atoms with Gasteiger partial charge in [0, 0.05) is 6.54 Å². The second-order valence-electron chi connectivity index (χ2n) is 6.92. The summed E-state index contributed by atoms with van der Waals surface area (Å²) < 4.78 is 18.8. The van der Waals surface area contributed by atoms with E-state index in [1.54, 1.807) is 12.1 Å². The fourth-order valence-corrected chi connectivity index (χ4v) is 2.76. The largest absolute Gasteiger partial charge is 0.364 e. The Balaban J connectivity index is 0.00000264. The highest BCUT2D eigenvalue weighted by molar-refractivity contribution is 5.85. The number of hydrogen-bond acceptors (Lipinski definition) is 3. The van der Waals surface area contributed by atoms with Crippen LogP contribution >= 0.6 is 12.4 Å². The first-order chi connectivity index (χ1) is 10.3. The van der Waals surface area contributed by atoms with Crippen molar-refractivity contribution in [3.63, 3.8) is 0 Å². The molecule has 1 aromatic rings. The lowest BCUT2D eigenvalue weighted by atomic mass is 9.82. The van der Waals surface area contributed by atoms with Gasteiger partial charge in [-0.1, -0.05) is 32.9 Å². The maximum Gasteiger partial charge on any atom is 0.249 e. The van der Waals surface area contributed by atoms with Crippen LogP contribution in [0.1, 0.15) is 45.2 Å². The number of amides is 1. The molecule has 0 bridgehead atoms. The summed E-state index contributed by atoms with van der Waals surface area (Å²) in [4.78, 5) is 12.5. The Morgan fingerprint density at radius 3 is 2.43 bits per heavy atom. The fraction of sp³-hybridized carbons (Fsp3) is 0.588. The van der Waals surface area contributed by atoms with Crippen molar-refractivity contribution in [2.24, 2.45) is 11.1 Å². The Morgan fingerprint density at radius 2 is 1.96 bits per heavy atom.